The van der Waals surface area contributed by atoms with Crippen molar-refractivity contribution in [1.82, 2.24) is 15.5 Å². The van der Waals surface area contributed by atoms with Crippen LogP contribution in [0.5, 0.6) is 0 Å². The number of thiophene rings is 1. The molecule has 2 heterocycles. The van der Waals surface area contributed by atoms with Crippen molar-refractivity contribution in [2.24, 2.45) is 4.99 Å². The Kier molecular flexibility index (Phi) is 8.76. The van der Waals surface area contributed by atoms with Crippen molar-refractivity contribution in [3.63, 3.8) is 0 Å². The Balaban J connectivity index is 1.56. The number of ether oxygens (including phenoxy) is 1. The van der Waals surface area contributed by atoms with E-state index in [2.05, 4.69) is 38.0 Å². The summed E-state index contributed by atoms with van der Waals surface area (Å²) in [5.41, 5.74) is 0. The van der Waals surface area contributed by atoms with Crippen molar-refractivity contribution in [1.29, 1.82) is 0 Å². The lowest BCUT2D eigenvalue weighted by Crippen LogP contribution is -2.49. The van der Waals surface area contributed by atoms with Gasteiger partial charge in [-0.15, -0.1) is 11.3 Å². The first-order chi connectivity index (χ1) is 13.7. The zero-order chi connectivity index (χ0) is 19.8. The Morgan fingerprint density at radius 2 is 2.25 bits per heavy atom. The second-order valence-corrected chi connectivity index (χ2v) is 10.4. The number of morpholine rings is 1. The van der Waals surface area contributed by atoms with Gasteiger partial charge < -0.3 is 15.4 Å². The van der Waals surface area contributed by atoms with Crippen LogP contribution in [-0.4, -0.2) is 72.0 Å². The molecule has 3 rings (SSSR count). The van der Waals surface area contributed by atoms with Crippen molar-refractivity contribution < 1.29 is 8.95 Å². The Bertz CT molecular complexity index is 632. The van der Waals surface area contributed by atoms with E-state index < -0.39 is 10.8 Å². The van der Waals surface area contributed by atoms with Crippen LogP contribution in [0.1, 0.15) is 43.5 Å². The number of hydrogen-bond acceptors (Lipinski definition) is 5. The van der Waals surface area contributed by atoms with E-state index in [-0.39, 0.29) is 0 Å². The fraction of sp³-hybridized carbons (Fsp3) is 0.750. The fourth-order valence-electron chi connectivity index (χ4n) is 4.11. The molecule has 158 valence electrons. The molecule has 1 aliphatic heterocycles. The van der Waals surface area contributed by atoms with Gasteiger partial charge in [0.25, 0.3) is 0 Å². The third-order valence-electron chi connectivity index (χ3n) is 5.67. The molecule has 0 bridgehead atoms. The van der Waals surface area contributed by atoms with Gasteiger partial charge in [0.2, 0.25) is 0 Å². The van der Waals surface area contributed by atoms with Crippen LogP contribution in [0.15, 0.2) is 22.5 Å². The summed E-state index contributed by atoms with van der Waals surface area (Å²) in [6.07, 6.45) is 4.31. The molecule has 6 nitrogen and oxygen atoms in total. The average molecular weight is 427 g/mol. The van der Waals surface area contributed by atoms with Gasteiger partial charge in [0.05, 0.1) is 19.3 Å². The summed E-state index contributed by atoms with van der Waals surface area (Å²) in [5.74, 6) is 1.61. The molecule has 1 saturated carbocycles. The van der Waals surface area contributed by atoms with Crippen LogP contribution in [0, 0.1) is 0 Å². The minimum absolute atomic E-state index is 0.321. The van der Waals surface area contributed by atoms with Crippen LogP contribution < -0.4 is 10.6 Å². The lowest BCUT2D eigenvalue weighted by Gasteiger charge is -2.35. The minimum atomic E-state index is -0.703. The monoisotopic (exact) mass is 426 g/mol. The van der Waals surface area contributed by atoms with Gasteiger partial charge in [0.1, 0.15) is 0 Å². The third kappa shape index (κ3) is 6.02. The quantitative estimate of drug-likeness (QED) is 0.518. The van der Waals surface area contributed by atoms with E-state index in [0.29, 0.717) is 17.3 Å². The highest BCUT2D eigenvalue weighted by Crippen LogP contribution is 2.26. The van der Waals surface area contributed by atoms with E-state index >= 15 is 0 Å². The number of hydrogen-bond donors (Lipinski definition) is 2. The molecule has 8 heteroatoms. The third-order valence-corrected chi connectivity index (χ3v) is 8.38. The Morgan fingerprint density at radius 1 is 1.43 bits per heavy atom. The van der Waals surface area contributed by atoms with Crippen LogP contribution in [0.4, 0.5) is 0 Å². The van der Waals surface area contributed by atoms with E-state index in [1.165, 1.54) is 4.88 Å². The topological polar surface area (TPSA) is 66.0 Å². The van der Waals surface area contributed by atoms with Crippen molar-refractivity contribution in [3.8, 4) is 0 Å². The second kappa shape index (κ2) is 11.3. The van der Waals surface area contributed by atoms with Gasteiger partial charge in [-0.1, -0.05) is 19.4 Å². The minimum Gasteiger partial charge on any atom is -0.379 e. The molecule has 28 heavy (non-hydrogen) atoms. The normalized spacial score (nSPS) is 26.6. The molecule has 1 aromatic heterocycles. The maximum atomic E-state index is 12.2. The molecule has 0 spiro atoms. The first-order valence-corrected chi connectivity index (χ1v) is 12.7. The summed E-state index contributed by atoms with van der Waals surface area (Å²) in [5, 5.41) is 9.60. The highest BCUT2D eigenvalue weighted by molar-refractivity contribution is 7.85. The zero-order valence-corrected chi connectivity index (χ0v) is 18.7. The number of rotatable bonds is 7. The standard InChI is InChI=1S/C20H34N4O2S2/c1-3-28(25)17-7-4-6-16(14-17)23-20(21-2)22-15-18(19-8-5-13-27-19)24-9-11-26-12-10-24/h5,8,13,16-18H,3-4,6-7,9-12,14-15H2,1-2H3,(H2,21,22,23). The fourth-order valence-corrected chi connectivity index (χ4v) is 6.32. The van der Waals surface area contributed by atoms with Crippen LogP contribution >= 0.6 is 11.3 Å². The predicted molar refractivity (Wildman–Crippen MR) is 119 cm³/mol. The molecule has 0 amide bonds. The molecule has 2 fully saturated rings. The van der Waals surface area contributed by atoms with Crippen LogP contribution in [-0.2, 0) is 15.5 Å². The number of guanidine groups is 1. The van der Waals surface area contributed by atoms with E-state index in [4.69, 9.17) is 4.74 Å². The predicted octanol–water partition coefficient (Wildman–Crippen LogP) is 2.37. The SMILES string of the molecule is CCS(=O)C1CCCC(NC(=NC)NCC(c2cccs2)N2CCOCC2)C1. The number of nitrogens with one attached hydrogen (secondary N) is 2. The largest absolute Gasteiger partial charge is 0.379 e. The van der Waals surface area contributed by atoms with Crippen molar-refractivity contribution >= 4 is 28.1 Å². The Labute approximate surface area is 175 Å². The molecular weight excluding hydrogens is 392 g/mol. The summed E-state index contributed by atoms with van der Waals surface area (Å²) in [7, 11) is 1.12. The highest BCUT2D eigenvalue weighted by atomic mass is 32.2. The summed E-state index contributed by atoms with van der Waals surface area (Å²) >= 11 is 1.81. The second-order valence-electron chi connectivity index (χ2n) is 7.43. The van der Waals surface area contributed by atoms with Crippen molar-refractivity contribution in [2.45, 2.75) is 49.9 Å². The van der Waals surface area contributed by atoms with E-state index in [0.717, 1.165) is 70.2 Å². The zero-order valence-electron chi connectivity index (χ0n) is 17.1. The maximum absolute atomic E-state index is 12.2. The maximum Gasteiger partial charge on any atom is 0.191 e. The molecule has 1 aromatic rings. The van der Waals surface area contributed by atoms with Crippen LogP contribution in [0.25, 0.3) is 0 Å². The van der Waals surface area contributed by atoms with Gasteiger partial charge in [-0.3, -0.25) is 14.1 Å². The average Bonchev–Trinajstić information content (AvgIpc) is 3.28. The Hall–Kier alpha value is -0.960. The molecule has 4 atom stereocenters. The Morgan fingerprint density at radius 3 is 2.93 bits per heavy atom. The molecular formula is C20H34N4O2S2. The lowest BCUT2D eigenvalue weighted by molar-refractivity contribution is 0.0177. The smallest absolute Gasteiger partial charge is 0.191 e. The molecule has 1 aliphatic carbocycles. The summed E-state index contributed by atoms with van der Waals surface area (Å²) in [4.78, 5) is 8.32. The van der Waals surface area contributed by atoms with Crippen LogP contribution in [0.3, 0.4) is 0 Å². The van der Waals surface area contributed by atoms with Gasteiger partial charge in [-0.25, -0.2) is 0 Å². The van der Waals surface area contributed by atoms with Crippen molar-refractivity contribution in [2.75, 3.05) is 45.6 Å². The first kappa shape index (κ1) is 21.7. The van der Waals surface area contributed by atoms with Crippen molar-refractivity contribution in [3.05, 3.63) is 22.4 Å². The molecule has 4 unspecified atom stereocenters. The number of nitrogens with zero attached hydrogens (tertiary/aromatic N) is 2. The van der Waals surface area contributed by atoms with Gasteiger partial charge in [-0.05, 0) is 30.7 Å². The molecule has 0 radical (unpaired) electrons. The number of aliphatic imine (C=N–C) groups is 1. The lowest BCUT2D eigenvalue weighted by atomic mass is 9.95. The highest BCUT2D eigenvalue weighted by Gasteiger charge is 2.27. The van der Waals surface area contributed by atoms with Crippen LogP contribution in [0.2, 0.25) is 0 Å². The summed E-state index contributed by atoms with van der Waals surface area (Å²) < 4.78 is 17.7. The van der Waals surface area contributed by atoms with E-state index in [9.17, 15) is 4.21 Å². The van der Waals surface area contributed by atoms with Gasteiger partial charge in [-0.2, -0.15) is 0 Å². The van der Waals surface area contributed by atoms with Gasteiger partial charge in [0.15, 0.2) is 5.96 Å². The van der Waals surface area contributed by atoms with Gasteiger partial charge >= 0.3 is 0 Å². The van der Waals surface area contributed by atoms with E-state index in [1.807, 2.05) is 25.3 Å². The first-order valence-electron chi connectivity index (χ1n) is 10.4. The molecule has 2 aliphatic rings. The summed E-state index contributed by atoms with van der Waals surface area (Å²) in [6.45, 7) is 6.35. The molecule has 2 N–H and O–H groups in total. The molecule has 1 saturated heterocycles. The van der Waals surface area contributed by atoms with Gasteiger partial charge in [0, 0.05) is 59.4 Å². The summed E-state index contributed by atoms with van der Waals surface area (Å²) in [6, 6.07) is 5.02. The van der Waals surface area contributed by atoms with E-state index in [1.54, 1.807) is 0 Å². The molecule has 0 aromatic carbocycles.